The van der Waals surface area contributed by atoms with Crippen LogP contribution in [0.3, 0.4) is 0 Å². The minimum absolute atomic E-state index is 0.00813. The van der Waals surface area contributed by atoms with E-state index in [4.69, 9.17) is 40.5 Å². The Hall–Kier alpha value is -7.84. The van der Waals surface area contributed by atoms with Gasteiger partial charge in [-0.3, -0.25) is 19.8 Å². The summed E-state index contributed by atoms with van der Waals surface area (Å²) in [6, 6.07) is 12.5. The number of ether oxygens (including phenoxy) is 4. The predicted octanol–water partition coefficient (Wildman–Crippen LogP) is 10.6. The van der Waals surface area contributed by atoms with E-state index in [1.165, 1.54) is 12.1 Å². The molecule has 0 aliphatic carbocycles. The summed E-state index contributed by atoms with van der Waals surface area (Å²) < 4.78 is 73.6. The number of carbonyl (C=O) groups excluding carboxylic acids is 3. The number of fused-ring (bicyclic) bond motifs is 8. The van der Waals surface area contributed by atoms with Gasteiger partial charge < -0.3 is 38.4 Å². The quantitative estimate of drug-likeness (QED) is 0.0860. The number of amides is 2. The summed E-state index contributed by atoms with van der Waals surface area (Å²) in [5, 5.41) is 25.3. The molecule has 5 aliphatic heterocycles. The lowest BCUT2D eigenvalue weighted by atomic mass is 9.86. The summed E-state index contributed by atoms with van der Waals surface area (Å²) in [5.41, 5.74) is -0.0800. The van der Waals surface area contributed by atoms with Crippen LogP contribution in [0, 0.1) is 23.0 Å². The molecule has 9 heterocycles. The highest BCUT2D eigenvalue weighted by atomic mass is 35.5. The van der Waals surface area contributed by atoms with Gasteiger partial charge in [0.25, 0.3) is 11.5 Å². The number of thiophene rings is 1. The van der Waals surface area contributed by atoms with Crippen LogP contribution in [-0.2, 0) is 44.2 Å². The van der Waals surface area contributed by atoms with Crippen molar-refractivity contribution in [2.24, 2.45) is 0 Å². The maximum atomic E-state index is 17.8. The third kappa shape index (κ3) is 9.67. The van der Waals surface area contributed by atoms with Gasteiger partial charge in [-0.25, -0.2) is 27.7 Å². The molecule has 23 heteroatoms. The van der Waals surface area contributed by atoms with Gasteiger partial charge in [0.15, 0.2) is 11.4 Å². The molecule has 5 atom stereocenters. The minimum Gasteiger partial charge on any atom is -0.486 e. The zero-order valence-corrected chi connectivity index (χ0v) is 49.5. The average molecular weight is 1200 g/mol. The molecule has 85 heavy (non-hydrogen) atoms. The lowest BCUT2D eigenvalue weighted by Crippen LogP contribution is -2.55. The number of benzene rings is 3. The Balaban J connectivity index is 0.819. The van der Waals surface area contributed by atoms with Crippen LogP contribution in [0.1, 0.15) is 102 Å². The lowest BCUT2D eigenvalue weighted by molar-refractivity contribution is -0.172. The number of cyclic esters (lactones) is 1. The number of aromatic nitrogens is 4. The first-order chi connectivity index (χ1) is 40.5. The zero-order valence-electron chi connectivity index (χ0n) is 47.9. The second kappa shape index (κ2) is 21.3. The third-order valence-electron chi connectivity index (χ3n) is 17.3. The number of aryl methyl sites for hydroxylation is 1. The van der Waals surface area contributed by atoms with Gasteiger partial charge in [0.2, 0.25) is 0 Å². The summed E-state index contributed by atoms with van der Waals surface area (Å²) in [6.45, 7) is 18.1. The third-order valence-corrected chi connectivity index (χ3v) is 18.7. The Morgan fingerprint density at radius 1 is 1.06 bits per heavy atom. The van der Waals surface area contributed by atoms with Gasteiger partial charge >= 0.3 is 18.1 Å². The van der Waals surface area contributed by atoms with Crippen molar-refractivity contribution in [2.45, 2.75) is 129 Å². The van der Waals surface area contributed by atoms with Gasteiger partial charge in [0.05, 0.1) is 49.8 Å². The number of halogens is 4. The first-order valence-corrected chi connectivity index (χ1v) is 29.6. The molecular formula is C62H61ClF3N9O9S. The maximum Gasteiger partial charge on any atom is 0.412 e. The van der Waals surface area contributed by atoms with E-state index in [2.05, 4.69) is 27.8 Å². The fourth-order valence-electron chi connectivity index (χ4n) is 13.0. The molecule has 3 saturated heterocycles. The molecule has 442 valence electrons. The number of carbonyl (C=O) groups is 3. The van der Waals surface area contributed by atoms with Crippen molar-refractivity contribution in [1.29, 1.82) is 5.26 Å². The Morgan fingerprint density at radius 2 is 1.85 bits per heavy atom. The van der Waals surface area contributed by atoms with Crippen molar-refractivity contribution >= 4 is 83.6 Å². The highest BCUT2D eigenvalue weighted by molar-refractivity contribution is 7.23. The number of aliphatic hydroxyl groups is 1. The maximum absolute atomic E-state index is 17.8. The highest BCUT2D eigenvalue weighted by Crippen LogP contribution is 2.48. The largest absolute Gasteiger partial charge is 0.486 e. The van der Waals surface area contributed by atoms with Gasteiger partial charge in [-0.15, -0.1) is 11.3 Å². The van der Waals surface area contributed by atoms with E-state index in [9.17, 15) is 33.9 Å². The van der Waals surface area contributed by atoms with Gasteiger partial charge in [0, 0.05) is 77.1 Å². The van der Waals surface area contributed by atoms with E-state index < -0.39 is 58.8 Å². The first-order valence-electron chi connectivity index (χ1n) is 28.4. The number of rotatable bonds is 12. The Bertz CT molecular complexity index is 4150. The molecule has 1 unspecified atom stereocenters. The topological polar surface area (TPSA) is 215 Å². The van der Waals surface area contributed by atoms with E-state index in [-0.39, 0.29) is 146 Å². The van der Waals surface area contributed by atoms with E-state index in [1.54, 1.807) is 56.2 Å². The van der Waals surface area contributed by atoms with Crippen LogP contribution in [0.4, 0.5) is 28.8 Å². The molecule has 2 N–H and O–H groups in total. The van der Waals surface area contributed by atoms with Crippen molar-refractivity contribution in [3.63, 3.8) is 0 Å². The van der Waals surface area contributed by atoms with Crippen molar-refractivity contribution in [1.82, 2.24) is 29.3 Å². The molecule has 3 aromatic carbocycles. The molecule has 12 rings (SSSR count). The number of nitrogens with one attached hydrogen (secondary N) is 1. The smallest absolute Gasteiger partial charge is 0.412 e. The number of hydrogen-bond donors (Lipinski definition) is 2. The van der Waals surface area contributed by atoms with Crippen LogP contribution in [0.2, 0.25) is 5.02 Å². The van der Waals surface area contributed by atoms with Gasteiger partial charge in [-0.05, 0) is 114 Å². The fourth-order valence-corrected chi connectivity index (χ4v) is 14.4. The average Bonchev–Trinajstić information content (AvgIpc) is 1.78. The van der Waals surface area contributed by atoms with E-state index in [0.29, 0.717) is 42.0 Å². The summed E-state index contributed by atoms with van der Waals surface area (Å²) >= 11 is 7.90. The number of esters is 1. The molecule has 0 bridgehead atoms. The van der Waals surface area contributed by atoms with Gasteiger partial charge in [-0.1, -0.05) is 38.1 Å². The van der Waals surface area contributed by atoms with Gasteiger partial charge in [0.1, 0.15) is 65.1 Å². The lowest BCUT2D eigenvalue weighted by Gasteiger charge is -2.41. The molecule has 2 amide bonds. The van der Waals surface area contributed by atoms with Crippen LogP contribution >= 0.6 is 22.9 Å². The molecule has 5 aliphatic rings. The molecule has 0 radical (unpaired) electrons. The van der Waals surface area contributed by atoms with Gasteiger partial charge in [-0.2, -0.15) is 15.2 Å². The van der Waals surface area contributed by atoms with Crippen LogP contribution in [-0.4, -0.2) is 121 Å². The zero-order chi connectivity index (χ0) is 60.3. The second-order valence-electron chi connectivity index (χ2n) is 23.6. The molecule has 0 saturated carbocycles. The minimum atomic E-state index is -1.96. The molecule has 3 fully saturated rings. The second-order valence-corrected chi connectivity index (χ2v) is 25.0. The van der Waals surface area contributed by atoms with Crippen LogP contribution in [0.25, 0.3) is 54.4 Å². The number of anilines is 2. The summed E-state index contributed by atoms with van der Waals surface area (Å²) in [5.74, 6) is -2.06. The number of alkyl halides is 1. The van der Waals surface area contributed by atoms with E-state index >= 15 is 8.78 Å². The summed E-state index contributed by atoms with van der Waals surface area (Å²) in [7, 11) is 0. The van der Waals surface area contributed by atoms with E-state index in [0.717, 1.165) is 40.3 Å². The summed E-state index contributed by atoms with van der Waals surface area (Å²) in [4.78, 5) is 74.2. The normalized spacial score (nSPS) is 21.3. The number of piperazine rings is 1. The molecule has 0 spiro atoms. The van der Waals surface area contributed by atoms with Crippen LogP contribution in [0.15, 0.2) is 59.4 Å². The number of nitrogens with zero attached hydrogens (tertiary/aromatic N) is 8. The Labute approximate surface area is 495 Å². The van der Waals surface area contributed by atoms with Crippen molar-refractivity contribution < 1.29 is 51.6 Å². The van der Waals surface area contributed by atoms with Crippen LogP contribution < -0.4 is 25.2 Å². The molecular weight excluding hydrogens is 1140 g/mol. The predicted molar refractivity (Wildman–Crippen MR) is 315 cm³/mol. The monoisotopic (exact) mass is 1200 g/mol. The van der Waals surface area contributed by atoms with Crippen molar-refractivity contribution in [2.75, 3.05) is 49.5 Å². The first kappa shape index (κ1) is 57.6. The van der Waals surface area contributed by atoms with E-state index in [1.807, 2.05) is 30.9 Å². The standard InChI is InChI=1S/C62H61ClF3N9O9S/c1-9-35-37-20-34(12-15-45(37)68-50-40(35)27-75-46(50)22-42-41(56(75)77)28-81-57(78)62(42,80)10-2)83-32(5)31(4)55(76)72-18-19-74(30(3)25-72)53-38-21-43(63)48(49(66)51(38)69-58(70-53)82-29-61-16-11-17-73(61)26-33(64)23-61)36-13-14-44(65)52-47(36)39(24-67)54(85-52)71-59(79)84-60(6,7)8/h12-15,20-22,30,32-33,80H,4,9-11,16-19,23,25-29H2,1-3,5-8H3,(H,71,79)/t30-,32?,33+,61-,62-/m0/s1. The number of hydrogen-bond acceptors (Lipinski definition) is 16. The van der Waals surface area contributed by atoms with Crippen molar-refractivity contribution in [3.8, 4) is 40.3 Å². The number of nitriles is 1. The molecule has 7 aromatic rings. The molecule has 18 nitrogen and oxygen atoms in total. The fraction of sp³-hybridized carbons (Fsp3) is 0.419. The number of pyridine rings is 2. The SMILES string of the molecule is C=C(C(=O)N1CCN(c2nc(OC[C@@]34CCCN3C[C@H](F)C4)nc3c(F)c(-c4ccc(F)c5sc(NC(=O)OC(C)(C)C)c(C#N)c45)c(Cl)cc23)[C@@H](C)C1)C(C)Oc1ccc2nc3c(c(CC)c2c1)Cn1c-3cc2c(c1=O)COC(=O)[C@]2(O)CC. The Morgan fingerprint density at radius 3 is 2.58 bits per heavy atom. The summed E-state index contributed by atoms with van der Waals surface area (Å²) in [6.07, 6.45) is -0.294. The molecule has 4 aromatic heterocycles. The van der Waals surface area contributed by atoms with Crippen LogP contribution in [0.5, 0.6) is 11.8 Å². The van der Waals surface area contributed by atoms with Crippen molar-refractivity contribution in [3.05, 3.63) is 109 Å². The Kier molecular flexibility index (Phi) is 14.4. The highest BCUT2D eigenvalue weighted by Gasteiger charge is 2.50.